The molecule has 0 aliphatic rings. The van der Waals surface area contributed by atoms with Crippen LogP contribution in [0.25, 0.3) is 21.5 Å². The Labute approximate surface area is 138 Å². The molecule has 1 N–H and O–H groups in total. The molecule has 0 fully saturated rings. The highest BCUT2D eigenvalue weighted by molar-refractivity contribution is 6.52. The van der Waals surface area contributed by atoms with Gasteiger partial charge in [-0.25, -0.2) is 0 Å². The van der Waals surface area contributed by atoms with Crippen molar-refractivity contribution in [2.24, 2.45) is 0 Å². The first-order valence-corrected chi connectivity index (χ1v) is 7.93. The van der Waals surface area contributed by atoms with Crippen molar-refractivity contribution in [3.05, 3.63) is 54.6 Å². The monoisotopic (exact) mass is 305 g/mol. The lowest BCUT2D eigenvalue weighted by Crippen LogP contribution is -2.49. The second-order valence-electron chi connectivity index (χ2n) is 7.04. The maximum Gasteiger partial charge on any atom is 0.331 e. The van der Waals surface area contributed by atoms with Gasteiger partial charge in [-0.15, -0.1) is 0 Å². The normalized spacial score (nSPS) is 12.7. The first-order chi connectivity index (χ1) is 10.8. The number of benzene rings is 3. The van der Waals surface area contributed by atoms with E-state index >= 15 is 0 Å². The molecule has 0 aromatic heterocycles. The molecule has 0 aliphatic carbocycles. The SMILES string of the molecule is CC(C)(O)C(C)(C)O[B]c1cc2ccccc2c2ccccc12. The summed E-state index contributed by atoms with van der Waals surface area (Å²) in [5.41, 5.74) is -0.591. The van der Waals surface area contributed by atoms with Crippen molar-refractivity contribution in [1.29, 1.82) is 0 Å². The molecule has 0 aliphatic heterocycles. The average Bonchev–Trinajstić information content (AvgIpc) is 2.51. The third kappa shape index (κ3) is 2.99. The Kier molecular flexibility index (Phi) is 3.95. The minimum atomic E-state index is -0.934. The molecule has 0 unspecified atom stereocenters. The third-order valence-corrected chi connectivity index (χ3v) is 4.75. The van der Waals surface area contributed by atoms with Crippen LogP contribution in [0, 0.1) is 0 Å². The highest BCUT2D eigenvalue weighted by atomic mass is 16.5. The second kappa shape index (κ2) is 5.66. The van der Waals surface area contributed by atoms with E-state index in [0.717, 1.165) is 10.8 Å². The topological polar surface area (TPSA) is 29.5 Å². The van der Waals surface area contributed by atoms with Crippen LogP contribution in [-0.4, -0.2) is 23.8 Å². The molecule has 0 spiro atoms. The van der Waals surface area contributed by atoms with Crippen LogP contribution in [-0.2, 0) is 4.65 Å². The highest BCUT2D eigenvalue weighted by Gasteiger charge is 2.35. The Morgan fingerprint density at radius 1 is 0.826 bits per heavy atom. The number of aliphatic hydroxyl groups is 1. The van der Waals surface area contributed by atoms with Crippen molar-refractivity contribution in [2.75, 3.05) is 0 Å². The van der Waals surface area contributed by atoms with Gasteiger partial charge in [0.15, 0.2) is 0 Å². The lowest BCUT2D eigenvalue weighted by Gasteiger charge is -2.37. The molecule has 3 heteroatoms. The van der Waals surface area contributed by atoms with Crippen LogP contribution >= 0.6 is 0 Å². The molecule has 0 heterocycles. The molecule has 23 heavy (non-hydrogen) atoms. The molecule has 0 atom stereocenters. The van der Waals surface area contributed by atoms with Crippen LogP contribution in [0.1, 0.15) is 27.7 Å². The van der Waals surface area contributed by atoms with E-state index in [0.29, 0.717) is 0 Å². The van der Waals surface area contributed by atoms with E-state index in [1.807, 2.05) is 26.0 Å². The van der Waals surface area contributed by atoms with Crippen LogP contribution in [0.5, 0.6) is 0 Å². The average molecular weight is 305 g/mol. The van der Waals surface area contributed by atoms with Crippen molar-refractivity contribution in [3.63, 3.8) is 0 Å². The van der Waals surface area contributed by atoms with Gasteiger partial charge in [0.2, 0.25) is 0 Å². The summed E-state index contributed by atoms with van der Waals surface area (Å²) in [6, 6.07) is 18.8. The summed E-state index contributed by atoms with van der Waals surface area (Å²) < 4.78 is 5.96. The molecule has 117 valence electrons. The first-order valence-electron chi connectivity index (χ1n) is 7.93. The fraction of sp³-hybridized carbons (Fsp3) is 0.300. The standard InChI is InChI=1S/C20H22BO2/c1-19(2,22)20(3,4)23-21-18-13-14-9-5-6-10-15(14)16-11-7-8-12-17(16)18/h5-13,22H,1-4H3. The van der Waals surface area contributed by atoms with Gasteiger partial charge >= 0.3 is 7.48 Å². The molecule has 2 nitrogen and oxygen atoms in total. The van der Waals surface area contributed by atoms with Crippen LogP contribution in [0.4, 0.5) is 0 Å². The molecule has 0 amide bonds. The molecular formula is C20H22BO2. The van der Waals surface area contributed by atoms with E-state index in [9.17, 15) is 5.11 Å². The number of hydrogen-bond acceptors (Lipinski definition) is 2. The molecule has 3 aromatic rings. The van der Waals surface area contributed by atoms with Crippen molar-refractivity contribution < 1.29 is 9.76 Å². The summed E-state index contributed by atoms with van der Waals surface area (Å²) in [5, 5.41) is 15.0. The second-order valence-corrected chi connectivity index (χ2v) is 7.04. The maximum absolute atomic E-state index is 10.3. The Morgan fingerprint density at radius 3 is 2.04 bits per heavy atom. The van der Waals surface area contributed by atoms with E-state index in [2.05, 4.69) is 42.5 Å². The molecule has 0 bridgehead atoms. The van der Waals surface area contributed by atoms with Gasteiger partial charge in [-0.2, -0.15) is 0 Å². The molecule has 3 rings (SSSR count). The van der Waals surface area contributed by atoms with Crippen LogP contribution in [0.2, 0.25) is 0 Å². The predicted molar refractivity (Wildman–Crippen MR) is 98.3 cm³/mol. The summed E-state index contributed by atoms with van der Waals surface area (Å²) in [7, 11) is 1.77. The van der Waals surface area contributed by atoms with Gasteiger partial charge in [-0.1, -0.05) is 54.6 Å². The lowest BCUT2D eigenvalue weighted by molar-refractivity contribution is -0.0893. The largest absolute Gasteiger partial charge is 0.427 e. The number of rotatable bonds is 4. The minimum absolute atomic E-state index is 0.681. The molecule has 1 radical (unpaired) electrons. The fourth-order valence-electron chi connectivity index (χ4n) is 2.54. The first kappa shape index (κ1) is 16.0. The molecule has 0 saturated heterocycles. The Hall–Kier alpha value is -1.84. The van der Waals surface area contributed by atoms with Gasteiger partial charge in [0.25, 0.3) is 0 Å². The van der Waals surface area contributed by atoms with Crippen LogP contribution in [0.15, 0.2) is 54.6 Å². The zero-order valence-corrected chi connectivity index (χ0v) is 14.1. The lowest BCUT2D eigenvalue weighted by atomic mass is 9.79. The van der Waals surface area contributed by atoms with Gasteiger partial charge in [0.05, 0.1) is 11.2 Å². The number of fused-ring (bicyclic) bond motifs is 3. The van der Waals surface area contributed by atoms with E-state index in [-0.39, 0.29) is 0 Å². The van der Waals surface area contributed by atoms with E-state index < -0.39 is 11.2 Å². The van der Waals surface area contributed by atoms with Crippen LogP contribution < -0.4 is 5.46 Å². The van der Waals surface area contributed by atoms with Gasteiger partial charge in [0, 0.05) is 0 Å². The highest BCUT2D eigenvalue weighted by Crippen LogP contribution is 2.26. The Bertz CT molecular complexity index is 847. The zero-order valence-electron chi connectivity index (χ0n) is 14.1. The predicted octanol–water partition coefficient (Wildman–Crippen LogP) is 3.80. The van der Waals surface area contributed by atoms with Crippen molar-refractivity contribution in [1.82, 2.24) is 0 Å². The van der Waals surface area contributed by atoms with Gasteiger partial charge in [-0.05, 0) is 54.7 Å². The number of hydrogen-bond donors (Lipinski definition) is 1. The van der Waals surface area contributed by atoms with Gasteiger partial charge in [0.1, 0.15) is 0 Å². The van der Waals surface area contributed by atoms with E-state index in [4.69, 9.17) is 4.65 Å². The fourth-order valence-corrected chi connectivity index (χ4v) is 2.54. The minimum Gasteiger partial charge on any atom is -0.427 e. The molecule has 3 aromatic carbocycles. The van der Waals surface area contributed by atoms with Crippen molar-refractivity contribution in [3.8, 4) is 0 Å². The third-order valence-electron chi connectivity index (χ3n) is 4.75. The van der Waals surface area contributed by atoms with E-state index in [1.54, 1.807) is 21.3 Å². The Morgan fingerprint density at radius 2 is 1.39 bits per heavy atom. The zero-order chi connectivity index (χ0) is 16.7. The summed E-state index contributed by atoms with van der Waals surface area (Å²) in [6.45, 7) is 7.32. The van der Waals surface area contributed by atoms with Crippen molar-refractivity contribution in [2.45, 2.75) is 38.9 Å². The van der Waals surface area contributed by atoms with E-state index in [1.165, 1.54) is 16.2 Å². The van der Waals surface area contributed by atoms with Gasteiger partial charge in [-0.3, -0.25) is 0 Å². The smallest absolute Gasteiger partial charge is 0.331 e. The summed E-state index contributed by atoms with van der Waals surface area (Å²) in [4.78, 5) is 0. The Balaban J connectivity index is 2.06. The summed E-state index contributed by atoms with van der Waals surface area (Å²) in [5.74, 6) is 0. The summed E-state index contributed by atoms with van der Waals surface area (Å²) >= 11 is 0. The van der Waals surface area contributed by atoms with Crippen LogP contribution in [0.3, 0.4) is 0 Å². The molecule has 0 saturated carbocycles. The summed E-state index contributed by atoms with van der Waals surface area (Å²) in [6.07, 6.45) is 0. The van der Waals surface area contributed by atoms with Crippen molar-refractivity contribution >= 4 is 34.5 Å². The molecular weight excluding hydrogens is 283 g/mol. The quantitative estimate of drug-likeness (QED) is 0.587. The van der Waals surface area contributed by atoms with Gasteiger partial charge < -0.3 is 9.76 Å². The maximum atomic E-state index is 10.3.